The van der Waals surface area contributed by atoms with Crippen molar-refractivity contribution < 1.29 is 19.4 Å². The molecule has 0 amide bonds. The van der Waals surface area contributed by atoms with Gasteiger partial charge in [-0.25, -0.2) is 4.79 Å². The molecule has 0 aliphatic heterocycles. The third kappa shape index (κ3) is 3.82. The van der Waals surface area contributed by atoms with E-state index < -0.39 is 5.97 Å². The number of aliphatic hydroxyl groups excluding tert-OH is 1. The Bertz CT molecular complexity index is 434. The molecule has 0 saturated carbocycles. The highest BCUT2D eigenvalue weighted by Gasteiger charge is 2.13. The molecule has 1 rings (SSSR count). The molecule has 96 valence electrons. The normalized spacial score (nSPS) is 11.7. The van der Waals surface area contributed by atoms with Crippen LogP contribution in [0, 0.1) is 0 Å². The highest BCUT2D eigenvalue weighted by atomic mass is 16.5. The average Bonchev–Trinajstić information content (AvgIpc) is 2.39. The first-order valence-corrected chi connectivity index (χ1v) is 5.57. The highest BCUT2D eigenvalue weighted by molar-refractivity contribution is 5.86. The van der Waals surface area contributed by atoms with Crippen LogP contribution in [0.5, 0.6) is 0 Å². The number of aldehydes is 1. The van der Waals surface area contributed by atoms with Crippen molar-refractivity contribution in [1.29, 1.82) is 0 Å². The molecule has 0 aliphatic carbocycles. The largest absolute Gasteiger partial charge is 0.462 e. The predicted molar refractivity (Wildman–Crippen MR) is 67.4 cm³/mol. The molecule has 0 bridgehead atoms. The van der Waals surface area contributed by atoms with Crippen molar-refractivity contribution in [2.24, 2.45) is 0 Å². The standard InChI is InChI=1S/C14H16O4/c1-10(2)14(17)18-9-13(8-16)12-5-3-11(7-15)4-6-12/h3-7,13,16H,1,8-9H2,2H3. The van der Waals surface area contributed by atoms with Crippen LogP contribution in [0.2, 0.25) is 0 Å². The van der Waals surface area contributed by atoms with Crippen molar-refractivity contribution >= 4 is 12.3 Å². The number of aliphatic hydroxyl groups is 1. The molecule has 0 heterocycles. The van der Waals surface area contributed by atoms with E-state index in [0.29, 0.717) is 11.1 Å². The summed E-state index contributed by atoms with van der Waals surface area (Å²) in [5.41, 5.74) is 1.70. The van der Waals surface area contributed by atoms with Gasteiger partial charge < -0.3 is 9.84 Å². The van der Waals surface area contributed by atoms with Crippen LogP contribution in [0.25, 0.3) is 0 Å². The lowest BCUT2D eigenvalue weighted by Crippen LogP contribution is -2.16. The molecule has 0 saturated heterocycles. The van der Waals surface area contributed by atoms with Crippen molar-refractivity contribution in [2.75, 3.05) is 13.2 Å². The molecule has 0 fully saturated rings. The van der Waals surface area contributed by atoms with Gasteiger partial charge in [0.1, 0.15) is 12.9 Å². The Morgan fingerprint density at radius 3 is 2.50 bits per heavy atom. The maximum Gasteiger partial charge on any atom is 0.333 e. The summed E-state index contributed by atoms with van der Waals surface area (Å²) in [4.78, 5) is 21.8. The molecule has 18 heavy (non-hydrogen) atoms. The molecular formula is C14H16O4. The van der Waals surface area contributed by atoms with Crippen LogP contribution >= 0.6 is 0 Å². The minimum atomic E-state index is -0.474. The first-order valence-electron chi connectivity index (χ1n) is 5.57. The van der Waals surface area contributed by atoms with Crippen molar-refractivity contribution in [3.63, 3.8) is 0 Å². The Balaban J connectivity index is 2.67. The zero-order valence-corrected chi connectivity index (χ0v) is 10.3. The number of esters is 1. The maximum atomic E-state index is 11.2. The molecule has 0 radical (unpaired) electrons. The monoisotopic (exact) mass is 248 g/mol. The first-order chi connectivity index (χ1) is 8.58. The summed E-state index contributed by atoms with van der Waals surface area (Å²) < 4.78 is 5.00. The van der Waals surface area contributed by atoms with Gasteiger partial charge in [0.15, 0.2) is 0 Å². The fraction of sp³-hybridized carbons (Fsp3) is 0.286. The lowest BCUT2D eigenvalue weighted by atomic mass is 10.00. The van der Waals surface area contributed by atoms with Crippen molar-refractivity contribution in [3.05, 3.63) is 47.5 Å². The number of carbonyl (C=O) groups excluding carboxylic acids is 2. The van der Waals surface area contributed by atoms with Gasteiger partial charge in [-0.15, -0.1) is 0 Å². The van der Waals surface area contributed by atoms with Gasteiger partial charge in [0.25, 0.3) is 0 Å². The van der Waals surface area contributed by atoms with Crippen LogP contribution < -0.4 is 0 Å². The molecule has 0 aliphatic rings. The maximum absolute atomic E-state index is 11.2. The van der Waals surface area contributed by atoms with Crippen molar-refractivity contribution in [3.8, 4) is 0 Å². The Labute approximate surface area is 106 Å². The summed E-state index contributed by atoms with van der Waals surface area (Å²) in [5, 5.41) is 9.27. The van der Waals surface area contributed by atoms with Gasteiger partial charge in [0.2, 0.25) is 0 Å². The molecule has 1 aromatic carbocycles. The number of hydrogen-bond donors (Lipinski definition) is 1. The predicted octanol–water partition coefficient (Wildman–Crippen LogP) is 1.69. The summed E-state index contributed by atoms with van der Waals surface area (Å²) in [6.07, 6.45) is 0.749. The lowest BCUT2D eigenvalue weighted by Gasteiger charge is -2.15. The third-order valence-corrected chi connectivity index (χ3v) is 2.53. The quantitative estimate of drug-likeness (QED) is 0.473. The summed E-state index contributed by atoms with van der Waals surface area (Å²) >= 11 is 0. The van der Waals surface area contributed by atoms with Crippen LogP contribution in [-0.4, -0.2) is 30.6 Å². The third-order valence-electron chi connectivity index (χ3n) is 2.53. The van der Waals surface area contributed by atoms with Gasteiger partial charge >= 0.3 is 5.97 Å². The van der Waals surface area contributed by atoms with Crippen molar-refractivity contribution in [2.45, 2.75) is 12.8 Å². The van der Waals surface area contributed by atoms with Crippen LogP contribution in [0.1, 0.15) is 28.8 Å². The van der Waals surface area contributed by atoms with Crippen molar-refractivity contribution in [1.82, 2.24) is 0 Å². The summed E-state index contributed by atoms with van der Waals surface area (Å²) in [6, 6.07) is 6.79. The minimum Gasteiger partial charge on any atom is -0.462 e. The second-order valence-corrected chi connectivity index (χ2v) is 4.04. The van der Waals surface area contributed by atoms with E-state index in [1.54, 1.807) is 31.2 Å². The molecule has 4 nitrogen and oxygen atoms in total. The Morgan fingerprint density at radius 1 is 1.44 bits per heavy atom. The second kappa shape index (κ2) is 6.71. The number of carbonyl (C=O) groups is 2. The Kier molecular flexibility index (Phi) is 5.27. The van der Waals surface area contributed by atoms with E-state index in [2.05, 4.69) is 6.58 Å². The van der Waals surface area contributed by atoms with Crippen LogP contribution in [-0.2, 0) is 9.53 Å². The average molecular weight is 248 g/mol. The molecule has 1 atom stereocenters. The molecule has 0 spiro atoms. The van der Waals surface area contributed by atoms with Gasteiger partial charge in [-0.2, -0.15) is 0 Å². The highest BCUT2D eigenvalue weighted by Crippen LogP contribution is 2.16. The van der Waals surface area contributed by atoms with E-state index in [0.717, 1.165) is 11.8 Å². The smallest absolute Gasteiger partial charge is 0.333 e. The molecule has 1 N–H and O–H groups in total. The van der Waals surface area contributed by atoms with E-state index in [1.807, 2.05) is 0 Å². The summed E-state index contributed by atoms with van der Waals surface area (Å²) in [5.74, 6) is -0.771. The zero-order chi connectivity index (χ0) is 13.5. The SMILES string of the molecule is C=C(C)C(=O)OCC(CO)c1ccc(C=O)cc1. The first kappa shape index (κ1) is 14.1. The molecule has 1 unspecified atom stereocenters. The van der Waals surface area contributed by atoms with Crippen LogP contribution in [0.3, 0.4) is 0 Å². The molecule has 4 heteroatoms. The minimum absolute atomic E-state index is 0.0859. The van der Waals surface area contributed by atoms with Crippen LogP contribution in [0.4, 0.5) is 0 Å². The fourth-order valence-corrected chi connectivity index (χ4v) is 1.40. The van der Waals surface area contributed by atoms with E-state index in [1.165, 1.54) is 0 Å². The summed E-state index contributed by atoms with van der Waals surface area (Å²) in [6.45, 7) is 4.99. The number of benzene rings is 1. The second-order valence-electron chi connectivity index (χ2n) is 4.04. The number of rotatable bonds is 6. The van der Waals surface area contributed by atoms with E-state index >= 15 is 0 Å². The fourth-order valence-electron chi connectivity index (χ4n) is 1.40. The van der Waals surface area contributed by atoms with Gasteiger partial charge in [0, 0.05) is 17.1 Å². The molecular weight excluding hydrogens is 232 g/mol. The van der Waals surface area contributed by atoms with Gasteiger partial charge in [-0.3, -0.25) is 4.79 Å². The topological polar surface area (TPSA) is 63.6 Å². The van der Waals surface area contributed by atoms with E-state index in [-0.39, 0.29) is 19.1 Å². The summed E-state index contributed by atoms with van der Waals surface area (Å²) in [7, 11) is 0. The Morgan fingerprint density at radius 2 is 2.06 bits per heavy atom. The van der Waals surface area contributed by atoms with Gasteiger partial charge in [0.05, 0.1) is 6.61 Å². The lowest BCUT2D eigenvalue weighted by molar-refractivity contribution is -0.139. The van der Waals surface area contributed by atoms with Gasteiger partial charge in [-0.05, 0) is 12.5 Å². The molecule has 1 aromatic rings. The molecule has 0 aromatic heterocycles. The number of ether oxygens (including phenoxy) is 1. The van der Waals surface area contributed by atoms with E-state index in [4.69, 9.17) is 4.74 Å². The van der Waals surface area contributed by atoms with E-state index in [9.17, 15) is 14.7 Å². The Hall–Kier alpha value is -1.94. The zero-order valence-electron chi connectivity index (χ0n) is 10.3. The van der Waals surface area contributed by atoms with Crippen LogP contribution in [0.15, 0.2) is 36.4 Å². The van der Waals surface area contributed by atoms with Gasteiger partial charge in [-0.1, -0.05) is 30.8 Å². The number of hydrogen-bond acceptors (Lipinski definition) is 4.